The van der Waals surface area contributed by atoms with Crippen molar-refractivity contribution in [3.63, 3.8) is 0 Å². The summed E-state index contributed by atoms with van der Waals surface area (Å²) in [6.07, 6.45) is 0.835. The molecule has 3 rings (SSSR count). The largest absolute Gasteiger partial charge is 0.486 e. The predicted octanol–water partition coefficient (Wildman–Crippen LogP) is 4.03. The summed E-state index contributed by atoms with van der Waals surface area (Å²) in [6.45, 7) is 4.05. The molecule has 0 saturated heterocycles. The number of ether oxygens (including phenoxy) is 1. The van der Waals surface area contributed by atoms with E-state index in [2.05, 4.69) is 15.8 Å². The number of carbonyl (C=O) groups excluding carboxylic acids is 2. The fourth-order valence-electron chi connectivity index (χ4n) is 2.47. The summed E-state index contributed by atoms with van der Waals surface area (Å²) < 4.78 is 10.8. The van der Waals surface area contributed by atoms with Crippen LogP contribution in [0.15, 0.2) is 65.2 Å². The van der Waals surface area contributed by atoms with E-state index in [1.165, 1.54) is 0 Å². The van der Waals surface area contributed by atoms with Crippen LogP contribution >= 0.6 is 0 Å². The van der Waals surface area contributed by atoms with Crippen LogP contribution in [-0.2, 0) is 6.61 Å². The van der Waals surface area contributed by atoms with E-state index in [1.54, 1.807) is 42.5 Å². The third kappa shape index (κ3) is 5.68. The lowest BCUT2D eigenvalue weighted by Gasteiger charge is -2.08. The van der Waals surface area contributed by atoms with Gasteiger partial charge >= 0.3 is 0 Å². The first-order valence-electron chi connectivity index (χ1n) is 9.41. The van der Waals surface area contributed by atoms with Gasteiger partial charge in [0.1, 0.15) is 12.4 Å². The zero-order valence-electron chi connectivity index (χ0n) is 16.3. The summed E-state index contributed by atoms with van der Waals surface area (Å²) >= 11 is 0. The summed E-state index contributed by atoms with van der Waals surface area (Å²) in [5.41, 5.74) is 1.48. The molecular weight excluding hydrogens is 370 g/mol. The Morgan fingerprint density at radius 1 is 1.07 bits per heavy atom. The van der Waals surface area contributed by atoms with Gasteiger partial charge in [-0.15, -0.1) is 0 Å². The molecule has 0 aliphatic rings. The van der Waals surface area contributed by atoms with Crippen molar-refractivity contribution in [1.82, 2.24) is 10.5 Å². The number of anilines is 1. The summed E-state index contributed by atoms with van der Waals surface area (Å²) in [5.74, 6) is 0.600. The third-order valence-corrected chi connectivity index (χ3v) is 4.31. The van der Waals surface area contributed by atoms with Crippen LogP contribution < -0.4 is 15.4 Å². The molecule has 0 aliphatic carbocycles. The van der Waals surface area contributed by atoms with Gasteiger partial charge in [-0.25, -0.2) is 0 Å². The van der Waals surface area contributed by atoms with Crippen LogP contribution in [0, 0.1) is 0 Å². The molecule has 1 unspecified atom stereocenters. The maximum atomic E-state index is 12.2. The molecule has 0 radical (unpaired) electrons. The van der Waals surface area contributed by atoms with Crippen LogP contribution in [-0.4, -0.2) is 23.0 Å². The number of hydrogen-bond acceptors (Lipinski definition) is 5. The summed E-state index contributed by atoms with van der Waals surface area (Å²) in [7, 11) is 0. The highest BCUT2D eigenvalue weighted by atomic mass is 16.5. The Morgan fingerprint density at radius 2 is 1.79 bits per heavy atom. The van der Waals surface area contributed by atoms with Gasteiger partial charge in [-0.1, -0.05) is 30.3 Å². The molecule has 1 aromatic heterocycles. The van der Waals surface area contributed by atoms with Crippen molar-refractivity contribution in [2.24, 2.45) is 0 Å². The average molecular weight is 393 g/mol. The van der Waals surface area contributed by atoms with Gasteiger partial charge in [0.25, 0.3) is 11.8 Å². The molecule has 3 aromatic rings. The van der Waals surface area contributed by atoms with Crippen LogP contribution in [0.2, 0.25) is 0 Å². The Kier molecular flexibility index (Phi) is 6.63. The van der Waals surface area contributed by atoms with Crippen molar-refractivity contribution >= 4 is 17.5 Å². The van der Waals surface area contributed by atoms with Crippen molar-refractivity contribution in [2.45, 2.75) is 32.9 Å². The minimum absolute atomic E-state index is 0.0693. The number of hydrogen-bond donors (Lipinski definition) is 2. The normalized spacial score (nSPS) is 11.5. The second-order valence-corrected chi connectivity index (χ2v) is 6.59. The third-order valence-electron chi connectivity index (χ3n) is 4.31. The molecule has 7 nitrogen and oxygen atoms in total. The predicted molar refractivity (Wildman–Crippen MR) is 109 cm³/mol. The zero-order valence-corrected chi connectivity index (χ0v) is 16.3. The number of rotatable bonds is 8. The van der Waals surface area contributed by atoms with Gasteiger partial charge in [-0.05, 0) is 49.7 Å². The Bertz CT molecular complexity index is 952. The van der Waals surface area contributed by atoms with E-state index in [4.69, 9.17) is 9.26 Å². The highest BCUT2D eigenvalue weighted by Gasteiger charge is 2.14. The fourth-order valence-corrected chi connectivity index (χ4v) is 2.47. The van der Waals surface area contributed by atoms with E-state index in [1.807, 2.05) is 32.0 Å². The monoisotopic (exact) mass is 393 g/mol. The zero-order chi connectivity index (χ0) is 20.6. The number of amides is 2. The molecule has 0 bridgehead atoms. The van der Waals surface area contributed by atoms with Crippen LogP contribution in [0.4, 0.5) is 5.69 Å². The quantitative estimate of drug-likeness (QED) is 0.603. The van der Waals surface area contributed by atoms with E-state index < -0.39 is 0 Å². The molecule has 1 heterocycles. The van der Waals surface area contributed by atoms with E-state index in [0.717, 1.165) is 6.42 Å². The van der Waals surface area contributed by atoms with Gasteiger partial charge in [-0.2, -0.15) is 0 Å². The van der Waals surface area contributed by atoms with Crippen LogP contribution in [0.5, 0.6) is 5.75 Å². The SMILES string of the molecule is CCC(C)NC(=O)c1cc(COc2ccc(NC(=O)c3ccccc3)cc2)on1. The Hall–Kier alpha value is -3.61. The molecule has 150 valence electrons. The fraction of sp³-hybridized carbons (Fsp3) is 0.227. The van der Waals surface area contributed by atoms with Gasteiger partial charge in [0.15, 0.2) is 11.5 Å². The highest BCUT2D eigenvalue weighted by Crippen LogP contribution is 2.18. The van der Waals surface area contributed by atoms with Crippen LogP contribution in [0.1, 0.15) is 46.9 Å². The average Bonchev–Trinajstić information content (AvgIpc) is 3.23. The first kappa shape index (κ1) is 20.1. The van der Waals surface area contributed by atoms with E-state index in [0.29, 0.717) is 22.8 Å². The van der Waals surface area contributed by atoms with Gasteiger partial charge in [0.2, 0.25) is 0 Å². The number of benzene rings is 2. The number of aromatic nitrogens is 1. The molecule has 2 N–H and O–H groups in total. The van der Waals surface area contributed by atoms with E-state index >= 15 is 0 Å². The highest BCUT2D eigenvalue weighted by molar-refractivity contribution is 6.04. The summed E-state index contributed by atoms with van der Waals surface area (Å²) in [5, 5.41) is 9.43. The molecule has 0 fully saturated rings. The second kappa shape index (κ2) is 9.54. The van der Waals surface area contributed by atoms with Gasteiger partial charge in [0.05, 0.1) is 0 Å². The molecule has 0 saturated carbocycles. The number of carbonyl (C=O) groups is 2. The first-order valence-corrected chi connectivity index (χ1v) is 9.41. The molecule has 2 aromatic carbocycles. The van der Waals surface area contributed by atoms with Gasteiger partial charge in [0, 0.05) is 23.4 Å². The second-order valence-electron chi connectivity index (χ2n) is 6.59. The van der Waals surface area contributed by atoms with Crippen molar-refractivity contribution in [2.75, 3.05) is 5.32 Å². The molecule has 29 heavy (non-hydrogen) atoms. The Labute approximate surface area is 169 Å². The van der Waals surface area contributed by atoms with Crippen LogP contribution in [0.25, 0.3) is 0 Å². The van der Waals surface area contributed by atoms with Gasteiger partial charge in [-0.3, -0.25) is 9.59 Å². The van der Waals surface area contributed by atoms with Gasteiger partial charge < -0.3 is 19.9 Å². The van der Waals surface area contributed by atoms with Crippen molar-refractivity contribution in [3.8, 4) is 5.75 Å². The Balaban J connectivity index is 1.52. The topological polar surface area (TPSA) is 93.5 Å². The summed E-state index contributed by atoms with van der Waals surface area (Å²) in [6, 6.07) is 17.6. The number of nitrogens with one attached hydrogen (secondary N) is 2. The first-order chi connectivity index (χ1) is 14.0. The maximum Gasteiger partial charge on any atom is 0.273 e. The minimum atomic E-state index is -0.270. The van der Waals surface area contributed by atoms with Crippen LogP contribution in [0.3, 0.4) is 0 Å². The van der Waals surface area contributed by atoms with E-state index in [9.17, 15) is 9.59 Å². The summed E-state index contributed by atoms with van der Waals surface area (Å²) in [4.78, 5) is 24.2. The Morgan fingerprint density at radius 3 is 2.48 bits per heavy atom. The lowest BCUT2D eigenvalue weighted by molar-refractivity contribution is 0.0929. The molecule has 2 amide bonds. The van der Waals surface area contributed by atoms with Crippen molar-refractivity contribution in [1.29, 1.82) is 0 Å². The molecule has 0 spiro atoms. The van der Waals surface area contributed by atoms with Crippen molar-refractivity contribution < 1.29 is 18.8 Å². The smallest absolute Gasteiger partial charge is 0.273 e. The standard InChI is InChI=1S/C22H23N3O4/c1-3-15(2)23-22(27)20-13-19(29-25-20)14-28-18-11-9-17(10-12-18)24-21(26)16-7-5-4-6-8-16/h4-13,15H,3,14H2,1-2H3,(H,23,27)(H,24,26). The molecular formula is C22H23N3O4. The van der Waals surface area contributed by atoms with Crippen molar-refractivity contribution in [3.05, 3.63) is 77.7 Å². The molecule has 0 aliphatic heterocycles. The maximum absolute atomic E-state index is 12.2. The van der Waals surface area contributed by atoms with E-state index in [-0.39, 0.29) is 30.2 Å². The molecule has 7 heteroatoms. The number of nitrogens with zero attached hydrogens (tertiary/aromatic N) is 1. The lowest BCUT2D eigenvalue weighted by atomic mass is 10.2. The molecule has 1 atom stereocenters. The lowest BCUT2D eigenvalue weighted by Crippen LogP contribution is -2.32. The minimum Gasteiger partial charge on any atom is -0.486 e.